The molecule has 1 unspecified atom stereocenters. The zero-order valence-corrected chi connectivity index (χ0v) is 10.1. The molecule has 0 spiro atoms. The number of rotatable bonds is 4. The number of hydrogen-bond donors (Lipinski definition) is 1. The summed E-state index contributed by atoms with van der Waals surface area (Å²) in [6.07, 6.45) is 1.64. The molecule has 1 aromatic carbocycles. The van der Waals surface area contributed by atoms with Crippen LogP contribution in [-0.4, -0.2) is 31.9 Å². The Labute approximate surface area is 106 Å². The Morgan fingerprint density at radius 2 is 2.17 bits per heavy atom. The maximum atomic E-state index is 11.5. The first-order valence-corrected chi connectivity index (χ1v) is 5.99. The van der Waals surface area contributed by atoms with Crippen LogP contribution >= 0.6 is 0 Å². The summed E-state index contributed by atoms with van der Waals surface area (Å²) in [5.41, 5.74) is 6.20. The molecular weight excluding hydrogens is 234 g/mol. The topological polar surface area (TPSA) is 70.8 Å². The van der Waals surface area contributed by atoms with E-state index in [1.807, 2.05) is 0 Å². The van der Waals surface area contributed by atoms with E-state index in [2.05, 4.69) is 0 Å². The minimum Gasteiger partial charge on any atom is -0.482 e. The van der Waals surface area contributed by atoms with Gasteiger partial charge in [0.2, 0.25) is 0 Å². The van der Waals surface area contributed by atoms with Gasteiger partial charge in [0.15, 0.2) is 6.61 Å². The number of ether oxygens (including phenoxy) is 3. The Bertz CT molecular complexity index is 384. The van der Waals surface area contributed by atoms with Gasteiger partial charge in [0, 0.05) is 12.3 Å². The SMILES string of the molecule is Nc1ccc(OCC(=O)OC2CCCOC2)cc1. The largest absolute Gasteiger partial charge is 0.482 e. The molecule has 1 aromatic rings. The van der Waals surface area contributed by atoms with Gasteiger partial charge < -0.3 is 19.9 Å². The molecule has 18 heavy (non-hydrogen) atoms. The predicted molar refractivity (Wildman–Crippen MR) is 66.3 cm³/mol. The third-order valence-electron chi connectivity index (χ3n) is 2.65. The highest BCUT2D eigenvalue weighted by Crippen LogP contribution is 2.14. The normalized spacial score (nSPS) is 19.2. The molecule has 0 amide bonds. The van der Waals surface area contributed by atoms with E-state index in [0.717, 1.165) is 19.4 Å². The molecule has 1 aliphatic rings. The van der Waals surface area contributed by atoms with Crippen LogP contribution in [-0.2, 0) is 14.3 Å². The van der Waals surface area contributed by atoms with E-state index in [9.17, 15) is 4.79 Å². The zero-order valence-electron chi connectivity index (χ0n) is 10.1. The van der Waals surface area contributed by atoms with Crippen molar-refractivity contribution in [3.8, 4) is 5.75 Å². The standard InChI is InChI=1S/C13H17NO4/c14-10-3-5-11(6-4-10)17-9-13(15)18-12-2-1-7-16-8-12/h3-6,12H,1-2,7-9,14H2. The number of benzene rings is 1. The Kier molecular flexibility index (Phi) is 4.41. The zero-order chi connectivity index (χ0) is 12.8. The molecule has 5 heteroatoms. The maximum Gasteiger partial charge on any atom is 0.344 e. The highest BCUT2D eigenvalue weighted by Gasteiger charge is 2.18. The second kappa shape index (κ2) is 6.26. The Morgan fingerprint density at radius 3 is 2.83 bits per heavy atom. The number of nitrogens with two attached hydrogens (primary N) is 1. The molecule has 2 N–H and O–H groups in total. The van der Waals surface area contributed by atoms with E-state index in [0.29, 0.717) is 18.0 Å². The molecule has 1 saturated heterocycles. The van der Waals surface area contributed by atoms with E-state index in [4.69, 9.17) is 19.9 Å². The van der Waals surface area contributed by atoms with Crippen LogP contribution in [0.2, 0.25) is 0 Å². The van der Waals surface area contributed by atoms with Gasteiger partial charge in [-0.05, 0) is 37.1 Å². The van der Waals surface area contributed by atoms with Crippen molar-refractivity contribution in [3.05, 3.63) is 24.3 Å². The lowest BCUT2D eigenvalue weighted by Crippen LogP contribution is -2.30. The van der Waals surface area contributed by atoms with Gasteiger partial charge in [-0.25, -0.2) is 4.79 Å². The van der Waals surface area contributed by atoms with Crippen LogP contribution in [0.1, 0.15) is 12.8 Å². The molecule has 98 valence electrons. The number of esters is 1. The van der Waals surface area contributed by atoms with Gasteiger partial charge in [0.05, 0.1) is 6.61 Å². The molecule has 1 atom stereocenters. The monoisotopic (exact) mass is 251 g/mol. The van der Waals surface area contributed by atoms with Crippen molar-refractivity contribution in [2.24, 2.45) is 0 Å². The lowest BCUT2D eigenvalue weighted by Gasteiger charge is -2.22. The van der Waals surface area contributed by atoms with Crippen molar-refractivity contribution in [2.45, 2.75) is 18.9 Å². The van der Waals surface area contributed by atoms with Crippen molar-refractivity contribution in [1.29, 1.82) is 0 Å². The molecule has 0 saturated carbocycles. The summed E-state index contributed by atoms with van der Waals surface area (Å²) >= 11 is 0. The second-order valence-corrected chi connectivity index (χ2v) is 4.19. The first-order valence-electron chi connectivity index (χ1n) is 5.99. The van der Waals surface area contributed by atoms with Gasteiger partial charge in [0.1, 0.15) is 11.9 Å². The van der Waals surface area contributed by atoms with E-state index in [1.165, 1.54) is 0 Å². The van der Waals surface area contributed by atoms with Crippen LogP contribution in [0.3, 0.4) is 0 Å². The summed E-state index contributed by atoms with van der Waals surface area (Å²) in [5.74, 6) is 0.225. The highest BCUT2D eigenvalue weighted by atomic mass is 16.6. The molecule has 5 nitrogen and oxygen atoms in total. The summed E-state index contributed by atoms with van der Waals surface area (Å²) < 4.78 is 15.7. The van der Waals surface area contributed by atoms with Crippen LogP contribution in [0, 0.1) is 0 Å². The molecule has 2 rings (SSSR count). The van der Waals surface area contributed by atoms with Gasteiger partial charge in [-0.3, -0.25) is 0 Å². The third kappa shape index (κ3) is 3.92. The van der Waals surface area contributed by atoms with E-state index < -0.39 is 0 Å². The van der Waals surface area contributed by atoms with Crippen molar-refractivity contribution in [1.82, 2.24) is 0 Å². The predicted octanol–water partition coefficient (Wildman–Crippen LogP) is 1.37. The average Bonchev–Trinajstić information content (AvgIpc) is 2.39. The van der Waals surface area contributed by atoms with Crippen LogP contribution in [0.4, 0.5) is 5.69 Å². The fourth-order valence-corrected chi connectivity index (χ4v) is 1.73. The first kappa shape index (κ1) is 12.7. The van der Waals surface area contributed by atoms with Crippen molar-refractivity contribution in [3.63, 3.8) is 0 Å². The van der Waals surface area contributed by atoms with E-state index in [1.54, 1.807) is 24.3 Å². The molecule has 1 fully saturated rings. The van der Waals surface area contributed by atoms with Crippen molar-refractivity contribution in [2.75, 3.05) is 25.6 Å². The third-order valence-corrected chi connectivity index (χ3v) is 2.65. The molecule has 0 radical (unpaired) electrons. The summed E-state index contributed by atoms with van der Waals surface area (Å²) in [4.78, 5) is 11.5. The molecule has 0 aliphatic carbocycles. The van der Waals surface area contributed by atoms with Gasteiger partial charge in [0.25, 0.3) is 0 Å². The first-order chi connectivity index (χ1) is 8.74. The fourth-order valence-electron chi connectivity index (χ4n) is 1.73. The summed E-state index contributed by atoms with van der Waals surface area (Å²) in [7, 11) is 0. The Morgan fingerprint density at radius 1 is 1.39 bits per heavy atom. The van der Waals surface area contributed by atoms with Crippen LogP contribution in [0.25, 0.3) is 0 Å². The average molecular weight is 251 g/mol. The number of carbonyl (C=O) groups is 1. The minimum atomic E-state index is -0.373. The lowest BCUT2D eigenvalue weighted by atomic mass is 10.2. The molecule has 1 aliphatic heterocycles. The Hall–Kier alpha value is -1.75. The summed E-state index contributed by atoms with van der Waals surface area (Å²) in [5, 5.41) is 0. The summed E-state index contributed by atoms with van der Waals surface area (Å²) in [6, 6.07) is 6.87. The number of hydrogen-bond acceptors (Lipinski definition) is 5. The quantitative estimate of drug-likeness (QED) is 0.646. The molecule has 0 bridgehead atoms. The van der Waals surface area contributed by atoms with Gasteiger partial charge in [-0.15, -0.1) is 0 Å². The minimum absolute atomic E-state index is 0.0968. The fraction of sp³-hybridized carbons (Fsp3) is 0.462. The van der Waals surface area contributed by atoms with Crippen LogP contribution < -0.4 is 10.5 Å². The smallest absolute Gasteiger partial charge is 0.344 e. The van der Waals surface area contributed by atoms with E-state index in [-0.39, 0.29) is 18.7 Å². The molecule has 1 heterocycles. The lowest BCUT2D eigenvalue weighted by molar-refractivity contribution is -0.157. The summed E-state index contributed by atoms with van der Waals surface area (Å²) in [6.45, 7) is 1.13. The van der Waals surface area contributed by atoms with Gasteiger partial charge in [-0.1, -0.05) is 0 Å². The number of carbonyl (C=O) groups excluding carboxylic acids is 1. The molecule has 0 aromatic heterocycles. The van der Waals surface area contributed by atoms with Crippen LogP contribution in [0.15, 0.2) is 24.3 Å². The van der Waals surface area contributed by atoms with Crippen LogP contribution in [0.5, 0.6) is 5.75 Å². The molecular formula is C13H17NO4. The Balaban J connectivity index is 1.72. The van der Waals surface area contributed by atoms with Gasteiger partial charge >= 0.3 is 5.97 Å². The van der Waals surface area contributed by atoms with E-state index >= 15 is 0 Å². The second-order valence-electron chi connectivity index (χ2n) is 4.19. The van der Waals surface area contributed by atoms with Crippen molar-refractivity contribution < 1.29 is 19.0 Å². The number of nitrogen functional groups attached to an aromatic ring is 1. The maximum absolute atomic E-state index is 11.5. The number of anilines is 1. The van der Waals surface area contributed by atoms with Gasteiger partial charge in [-0.2, -0.15) is 0 Å². The van der Waals surface area contributed by atoms with Crippen molar-refractivity contribution >= 4 is 11.7 Å². The highest BCUT2D eigenvalue weighted by molar-refractivity contribution is 5.71.